The van der Waals surface area contributed by atoms with E-state index in [4.69, 9.17) is 27.9 Å². The van der Waals surface area contributed by atoms with Crippen molar-refractivity contribution in [3.63, 3.8) is 0 Å². The van der Waals surface area contributed by atoms with E-state index in [2.05, 4.69) is 17.2 Å². The van der Waals surface area contributed by atoms with Gasteiger partial charge in [-0.3, -0.25) is 0 Å². The zero-order valence-corrected chi connectivity index (χ0v) is 13.6. The average Bonchev–Trinajstić information content (AvgIpc) is 2.47. The third-order valence-corrected chi connectivity index (χ3v) is 3.69. The molecule has 5 heteroatoms. The lowest BCUT2D eigenvalue weighted by Crippen LogP contribution is -2.12. The van der Waals surface area contributed by atoms with Crippen molar-refractivity contribution >= 4 is 28.9 Å². The van der Waals surface area contributed by atoms with E-state index in [1.54, 1.807) is 12.3 Å². The Morgan fingerprint density at radius 1 is 1.24 bits per heavy atom. The van der Waals surface area contributed by atoms with Crippen LogP contribution in [0.5, 0.6) is 5.88 Å². The van der Waals surface area contributed by atoms with Crippen LogP contribution in [0.25, 0.3) is 0 Å². The standard InChI is InChI=1S/C16H18Cl2N2O/c1-3-14(12-8-7-11(17)10-13(12)18)20-15-6-5-9-19-16(15)21-4-2/h5-10,14,20H,3-4H2,1-2H3. The zero-order valence-electron chi connectivity index (χ0n) is 12.1. The van der Waals surface area contributed by atoms with Crippen LogP contribution in [0.2, 0.25) is 10.0 Å². The summed E-state index contributed by atoms with van der Waals surface area (Å²) < 4.78 is 5.54. The summed E-state index contributed by atoms with van der Waals surface area (Å²) in [6.07, 6.45) is 2.59. The van der Waals surface area contributed by atoms with Gasteiger partial charge in [0.2, 0.25) is 5.88 Å². The van der Waals surface area contributed by atoms with Gasteiger partial charge < -0.3 is 10.1 Å². The van der Waals surface area contributed by atoms with E-state index >= 15 is 0 Å². The second kappa shape index (κ2) is 7.53. The zero-order chi connectivity index (χ0) is 15.2. The number of hydrogen-bond acceptors (Lipinski definition) is 3. The maximum atomic E-state index is 6.30. The molecule has 0 saturated carbocycles. The van der Waals surface area contributed by atoms with Crippen molar-refractivity contribution in [3.8, 4) is 5.88 Å². The van der Waals surface area contributed by atoms with Gasteiger partial charge in [-0.05, 0) is 43.2 Å². The quantitative estimate of drug-likeness (QED) is 0.777. The highest BCUT2D eigenvalue weighted by atomic mass is 35.5. The highest BCUT2D eigenvalue weighted by Crippen LogP contribution is 2.32. The summed E-state index contributed by atoms with van der Waals surface area (Å²) >= 11 is 12.3. The van der Waals surface area contributed by atoms with E-state index in [0.717, 1.165) is 17.7 Å². The summed E-state index contributed by atoms with van der Waals surface area (Å²) in [5.41, 5.74) is 1.87. The summed E-state index contributed by atoms with van der Waals surface area (Å²) in [6, 6.07) is 9.45. The van der Waals surface area contributed by atoms with Crippen LogP contribution in [0.15, 0.2) is 36.5 Å². The molecule has 0 amide bonds. The summed E-state index contributed by atoms with van der Waals surface area (Å²) in [5.74, 6) is 0.600. The van der Waals surface area contributed by atoms with Gasteiger partial charge in [0.1, 0.15) is 0 Å². The Balaban J connectivity index is 2.27. The predicted molar refractivity (Wildman–Crippen MR) is 88.5 cm³/mol. The predicted octanol–water partition coefficient (Wildman–Crippen LogP) is 5.35. The van der Waals surface area contributed by atoms with E-state index < -0.39 is 0 Å². The molecule has 2 rings (SSSR count). The third-order valence-electron chi connectivity index (χ3n) is 3.13. The first-order chi connectivity index (χ1) is 10.2. The topological polar surface area (TPSA) is 34.1 Å². The van der Waals surface area contributed by atoms with Crippen LogP contribution in [-0.2, 0) is 0 Å². The van der Waals surface area contributed by atoms with Gasteiger partial charge in [-0.1, -0.05) is 36.2 Å². The number of anilines is 1. The second-order valence-electron chi connectivity index (χ2n) is 4.56. The SMILES string of the molecule is CCOc1ncccc1NC(CC)c1ccc(Cl)cc1Cl. The number of hydrogen-bond donors (Lipinski definition) is 1. The minimum Gasteiger partial charge on any atom is -0.476 e. The number of halogens is 2. The molecule has 3 nitrogen and oxygen atoms in total. The molecule has 1 N–H and O–H groups in total. The molecule has 0 saturated heterocycles. The van der Waals surface area contributed by atoms with Gasteiger partial charge in [0, 0.05) is 16.2 Å². The smallest absolute Gasteiger partial charge is 0.237 e. The van der Waals surface area contributed by atoms with Crippen molar-refractivity contribution in [3.05, 3.63) is 52.1 Å². The number of benzene rings is 1. The number of nitrogens with zero attached hydrogens (tertiary/aromatic N) is 1. The Kier molecular flexibility index (Phi) is 5.71. The summed E-state index contributed by atoms with van der Waals surface area (Å²) in [7, 11) is 0. The lowest BCUT2D eigenvalue weighted by Gasteiger charge is -2.21. The van der Waals surface area contributed by atoms with Crippen molar-refractivity contribution < 1.29 is 4.74 Å². The molecular formula is C16H18Cl2N2O. The average molecular weight is 325 g/mol. The Labute approximate surface area is 135 Å². The molecule has 0 aliphatic heterocycles. The van der Waals surface area contributed by atoms with E-state index in [1.165, 1.54) is 0 Å². The van der Waals surface area contributed by atoms with Gasteiger partial charge in [-0.25, -0.2) is 4.98 Å². The number of nitrogens with one attached hydrogen (secondary N) is 1. The highest BCUT2D eigenvalue weighted by Gasteiger charge is 2.15. The van der Waals surface area contributed by atoms with Crippen LogP contribution in [0.1, 0.15) is 31.9 Å². The number of aromatic nitrogens is 1. The van der Waals surface area contributed by atoms with Crippen molar-refractivity contribution in [1.29, 1.82) is 0 Å². The van der Waals surface area contributed by atoms with Gasteiger partial charge in [0.05, 0.1) is 18.3 Å². The fourth-order valence-electron chi connectivity index (χ4n) is 2.12. The molecule has 1 unspecified atom stereocenters. The second-order valence-corrected chi connectivity index (χ2v) is 5.40. The van der Waals surface area contributed by atoms with Crippen LogP contribution in [-0.4, -0.2) is 11.6 Å². The normalized spacial score (nSPS) is 12.0. The number of ether oxygens (including phenoxy) is 1. The molecule has 0 bridgehead atoms. The monoisotopic (exact) mass is 324 g/mol. The van der Waals surface area contributed by atoms with E-state index in [9.17, 15) is 0 Å². The first-order valence-corrected chi connectivity index (χ1v) is 7.70. The number of rotatable bonds is 6. The lowest BCUT2D eigenvalue weighted by molar-refractivity contribution is 0.328. The molecule has 0 aliphatic carbocycles. The van der Waals surface area contributed by atoms with Gasteiger partial charge in [0.15, 0.2) is 0 Å². The van der Waals surface area contributed by atoms with Gasteiger partial charge in [0.25, 0.3) is 0 Å². The maximum Gasteiger partial charge on any atom is 0.237 e. The van der Waals surface area contributed by atoms with Crippen molar-refractivity contribution in [2.24, 2.45) is 0 Å². The van der Waals surface area contributed by atoms with Crippen LogP contribution >= 0.6 is 23.2 Å². The van der Waals surface area contributed by atoms with E-state index in [0.29, 0.717) is 22.5 Å². The van der Waals surface area contributed by atoms with Gasteiger partial charge in [-0.2, -0.15) is 0 Å². The van der Waals surface area contributed by atoms with Crippen LogP contribution in [0.4, 0.5) is 5.69 Å². The third kappa shape index (κ3) is 4.02. The minimum absolute atomic E-state index is 0.0678. The Morgan fingerprint density at radius 2 is 2.05 bits per heavy atom. The first-order valence-electron chi connectivity index (χ1n) is 6.95. The largest absolute Gasteiger partial charge is 0.476 e. The lowest BCUT2D eigenvalue weighted by atomic mass is 10.0. The molecule has 2 aromatic rings. The van der Waals surface area contributed by atoms with E-state index in [1.807, 2.05) is 31.2 Å². The maximum absolute atomic E-state index is 6.30. The fourth-order valence-corrected chi connectivity index (χ4v) is 2.66. The minimum atomic E-state index is 0.0678. The molecule has 0 aliphatic rings. The molecule has 1 heterocycles. The number of pyridine rings is 1. The fraction of sp³-hybridized carbons (Fsp3) is 0.312. The summed E-state index contributed by atoms with van der Waals surface area (Å²) in [5, 5.41) is 4.73. The molecular weight excluding hydrogens is 307 g/mol. The molecule has 112 valence electrons. The molecule has 21 heavy (non-hydrogen) atoms. The molecule has 0 fully saturated rings. The molecule has 0 spiro atoms. The van der Waals surface area contributed by atoms with Crippen LogP contribution in [0.3, 0.4) is 0 Å². The Morgan fingerprint density at radius 3 is 2.71 bits per heavy atom. The van der Waals surface area contributed by atoms with Crippen LogP contribution < -0.4 is 10.1 Å². The van der Waals surface area contributed by atoms with Crippen molar-refractivity contribution in [1.82, 2.24) is 4.98 Å². The van der Waals surface area contributed by atoms with Crippen LogP contribution in [0, 0.1) is 0 Å². The van der Waals surface area contributed by atoms with Crippen molar-refractivity contribution in [2.45, 2.75) is 26.3 Å². The Bertz CT molecular complexity index is 605. The van der Waals surface area contributed by atoms with Gasteiger partial charge >= 0.3 is 0 Å². The van der Waals surface area contributed by atoms with Gasteiger partial charge in [-0.15, -0.1) is 0 Å². The molecule has 1 aromatic heterocycles. The molecule has 0 radical (unpaired) electrons. The van der Waals surface area contributed by atoms with Crippen molar-refractivity contribution in [2.75, 3.05) is 11.9 Å². The Hall–Kier alpha value is -1.45. The highest BCUT2D eigenvalue weighted by molar-refractivity contribution is 6.35. The summed E-state index contributed by atoms with van der Waals surface area (Å²) in [4.78, 5) is 4.25. The molecule has 1 atom stereocenters. The molecule has 1 aromatic carbocycles. The van der Waals surface area contributed by atoms with E-state index in [-0.39, 0.29) is 6.04 Å². The summed E-state index contributed by atoms with van der Waals surface area (Å²) in [6.45, 7) is 4.61. The first kappa shape index (κ1) is 15.9.